The fraction of sp³-hybridized carbons (Fsp3) is 0.769. The maximum absolute atomic E-state index is 6.19. The molecule has 0 saturated carbocycles. The molecule has 1 aromatic heterocycles. The number of rotatable bonds is 8. The minimum atomic E-state index is 0.515. The number of aromatic nitrogens is 2. The van der Waals surface area contributed by atoms with Crippen LogP contribution in [0.1, 0.15) is 26.5 Å². The van der Waals surface area contributed by atoms with Crippen LogP contribution >= 0.6 is 11.6 Å². The maximum Gasteiger partial charge on any atom is 0.0817 e. The molecule has 18 heavy (non-hydrogen) atoms. The monoisotopic (exact) mass is 273 g/mol. The van der Waals surface area contributed by atoms with Crippen molar-refractivity contribution >= 4 is 11.6 Å². The van der Waals surface area contributed by atoms with Gasteiger partial charge in [0.2, 0.25) is 0 Å². The second-order valence-corrected chi connectivity index (χ2v) is 5.43. The van der Waals surface area contributed by atoms with Crippen molar-refractivity contribution < 1.29 is 4.74 Å². The van der Waals surface area contributed by atoms with E-state index in [1.807, 2.05) is 4.68 Å². The van der Waals surface area contributed by atoms with Crippen LogP contribution in [0.2, 0.25) is 5.02 Å². The Bertz CT molecular complexity index is 352. The SMILES string of the molecule is COCCn1ncc(Cl)c1CC(C)CNC(C)C. The molecule has 0 amide bonds. The Balaban J connectivity index is 2.56. The van der Waals surface area contributed by atoms with Crippen LogP contribution in [0.3, 0.4) is 0 Å². The molecule has 1 rings (SSSR count). The van der Waals surface area contributed by atoms with Gasteiger partial charge in [0.15, 0.2) is 0 Å². The molecule has 4 nitrogen and oxygen atoms in total. The van der Waals surface area contributed by atoms with Crippen molar-refractivity contribution in [2.75, 3.05) is 20.3 Å². The smallest absolute Gasteiger partial charge is 0.0817 e. The van der Waals surface area contributed by atoms with E-state index in [4.69, 9.17) is 16.3 Å². The summed E-state index contributed by atoms with van der Waals surface area (Å²) in [6.45, 7) is 8.93. The highest BCUT2D eigenvalue weighted by molar-refractivity contribution is 6.31. The van der Waals surface area contributed by atoms with Gasteiger partial charge in [-0.15, -0.1) is 0 Å². The molecular formula is C13H24ClN3O. The number of halogens is 1. The van der Waals surface area contributed by atoms with E-state index < -0.39 is 0 Å². The average molecular weight is 274 g/mol. The molecule has 0 aliphatic carbocycles. The van der Waals surface area contributed by atoms with Gasteiger partial charge in [0.05, 0.1) is 30.1 Å². The summed E-state index contributed by atoms with van der Waals surface area (Å²) in [5, 5.41) is 8.48. The first-order chi connectivity index (χ1) is 8.54. The summed E-state index contributed by atoms with van der Waals surface area (Å²) < 4.78 is 7.02. The quantitative estimate of drug-likeness (QED) is 0.790. The lowest BCUT2D eigenvalue weighted by molar-refractivity contribution is 0.182. The van der Waals surface area contributed by atoms with E-state index >= 15 is 0 Å². The zero-order chi connectivity index (χ0) is 13.5. The first-order valence-corrected chi connectivity index (χ1v) is 6.84. The van der Waals surface area contributed by atoms with E-state index in [2.05, 4.69) is 31.2 Å². The van der Waals surface area contributed by atoms with Gasteiger partial charge in [-0.3, -0.25) is 4.68 Å². The summed E-state index contributed by atoms with van der Waals surface area (Å²) in [4.78, 5) is 0. The van der Waals surface area contributed by atoms with E-state index in [1.165, 1.54) is 0 Å². The molecule has 0 fully saturated rings. The molecule has 1 unspecified atom stereocenters. The molecule has 0 aliphatic rings. The van der Waals surface area contributed by atoms with Crippen molar-refractivity contribution in [1.29, 1.82) is 0 Å². The van der Waals surface area contributed by atoms with Gasteiger partial charge < -0.3 is 10.1 Å². The maximum atomic E-state index is 6.19. The number of nitrogens with zero attached hydrogens (tertiary/aromatic N) is 2. The number of ether oxygens (including phenoxy) is 1. The Morgan fingerprint density at radius 2 is 2.17 bits per heavy atom. The summed E-state index contributed by atoms with van der Waals surface area (Å²) in [5.41, 5.74) is 1.10. The number of hydrogen-bond donors (Lipinski definition) is 1. The highest BCUT2D eigenvalue weighted by atomic mass is 35.5. The third-order valence-electron chi connectivity index (χ3n) is 2.82. The summed E-state index contributed by atoms with van der Waals surface area (Å²) in [5.74, 6) is 0.530. The highest BCUT2D eigenvalue weighted by Crippen LogP contribution is 2.18. The highest BCUT2D eigenvalue weighted by Gasteiger charge is 2.13. The number of methoxy groups -OCH3 is 1. The summed E-state index contributed by atoms with van der Waals surface area (Å²) in [6, 6.07) is 0.515. The molecular weight excluding hydrogens is 250 g/mol. The first-order valence-electron chi connectivity index (χ1n) is 6.47. The van der Waals surface area contributed by atoms with Gasteiger partial charge in [-0.2, -0.15) is 5.10 Å². The third-order valence-corrected chi connectivity index (χ3v) is 3.14. The van der Waals surface area contributed by atoms with Crippen LogP contribution in [-0.2, 0) is 17.7 Å². The van der Waals surface area contributed by atoms with E-state index in [1.54, 1.807) is 13.3 Å². The van der Waals surface area contributed by atoms with Crippen molar-refractivity contribution in [1.82, 2.24) is 15.1 Å². The van der Waals surface area contributed by atoms with Crippen LogP contribution in [0.5, 0.6) is 0 Å². The van der Waals surface area contributed by atoms with Crippen molar-refractivity contribution in [3.05, 3.63) is 16.9 Å². The van der Waals surface area contributed by atoms with Gasteiger partial charge in [0.1, 0.15) is 0 Å². The number of hydrogen-bond acceptors (Lipinski definition) is 3. The predicted octanol–water partition coefficient (Wildman–Crippen LogP) is 2.36. The first kappa shape index (κ1) is 15.5. The van der Waals surface area contributed by atoms with Crippen molar-refractivity contribution in [3.63, 3.8) is 0 Å². The minimum absolute atomic E-state index is 0.515. The van der Waals surface area contributed by atoms with Crippen LogP contribution in [-0.4, -0.2) is 36.1 Å². The standard InChI is InChI=1S/C13H24ClN3O/c1-10(2)15-8-11(3)7-13-12(14)9-16-17(13)5-6-18-4/h9-11,15H,5-8H2,1-4H3. The minimum Gasteiger partial charge on any atom is -0.383 e. The molecule has 0 radical (unpaired) electrons. The molecule has 5 heteroatoms. The summed E-state index contributed by atoms with van der Waals surface area (Å²) in [7, 11) is 1.69. The fourth-order valence-corrected chi connectivity index (χ4v) is 2.02. The average Bonchev–Trinajstić information content (AvgIpc) is 2.66. The molecule has 0 aliphatic heterocycles. The number of nitrogens with one attached hydrogen (secondary N) is 1. The molecule has 104 valence electrons. The lowest BCUT2D eigenvalue weighted by atomic mass is 10.1. The lowest BCUT2D eigenvalue weighted by Crippen LogP contribution is -2.29. The van der Waals surface area contributed by atoms with Crippen LogP contribution in [0.25, 0.3) is 0 Å². The Kier molecular flexibility index (Phi) is 6.68. The van der Waals surface area contributed by atoms with E-state index in [9.17, 15) is 0 Å². The zero-order valence-corrected chi connectivity index (χ0v) is 12.5. The molecule has 0 saturated heterocycles. The van der Waals surface area contributed by atoms with Gasteiger partial charge in [0, 0.05) is 13.2 Å². The molecule has 0 aromatic carbocycles. The van der Waals surface area contributed by atoms with E-state index in [-0.39, 0.29) is 0 Å². The second-order valence-electron chi connectivity index (χ2n) is 5.03. The normalized spacial score (nSPS) is 13.2. The third kappa shape index (κ3) is 4.96. The Labute approximate surface area is 115 Å². The van der Waals surface area contributed by atoms with Gasteiger partial charge in [-0.1, -0.05) is 32.4 Å². The lowest BCUT2D eigenvalue weighted by Gasteiger charge is -2.16. The Morgan fingerprint density at radius 1 is 1.44 bits per heavy atom. The van der Waals surface area contributed by atoms with Gasteiger partial charge in [-0.25, -0.2) is 0 Å². The van der Waals surface area contributed by atoms with Crippen LogP contribution < -0.4 is 5.32 Å². The largest absolute Gasteiger partial charge is 0.383 e. The van der Waals surface area contributed by atoms with Gasteiger partial charge in [-0.05, 0) is 18.9 Å². The fourth-order valence-electron chi connectivity index (χ4n) is 1.80. The molecule has 0 spiro atoms. The second kappa shape index (κ2) is 7.77. The topological polar surface area (TPSA) is 39.1 Å². The molecule has 1 N–H and O–H groups in total. The molecule has 0 bridgehead atoms. The van der Waals surface area contributed by atoms with Crippen molar-refractivity contribution in [2.24, 2.45) is 5.92 Å². The molecule has 1 atom stereocenters. The van der Waals surface area contributed by atoms with Crippen molar-refractivity contribution in [3.8, 4) is 0 Å². The van der Waals surface area contributed by atoms with Crippen molar-refractivity contribution in [2.45, 2.75) is 39.8 Å². The molecule has 1 aromatic rings. The van der Waals surface area contributed by atoms with Gasteiger partial charge in [0.25, 0.3) is 0 Å². The Morgan fingerprint density at radius 3 is 2.78 bits per heavy atom. The van der Waals surface area contributed by atoms with Crippen LogP contribution in [0.15, 0.2) is 6.20 Å². The summed E-state index contributed by atoms with van der Waals surface area (Å²) in [6.07, 6.45) is 2.65. The Hall–Kier alpha value is -0.580. The molecule has 1 heterocycles. The van der Waals surface area contributed by atoms with Crippen LogP contribution in [0, 0.1) is 5.92 Å². The summed E-state index contributed by atoms with van der Waals surface area (Å²) >= 11 is 6.19. The predicted molar refractivity (Wildman–Crippen MR) is 75.1 cm³/mol. The van der Waals surface area contributed by atoms with E-state index in [0.29, 0.717) is 18.6 Å². The zero-order valence-electron chi connectivity index (χ0n) is 11.7. The van der Waals surface area contributed by atoms with E-state index in [0.717, 1.165) is 30.2 Å². The van der Waals surface area contributed by atoms with Crippen LogP contribution in [0.4, 0.5) is 0 Å². The van der Waals surface area contributed by atoms with Gasteiger partial charge >= 0.3 is 0 Å².